The quantitative estimate of drug-likeness (QED) is 0.501. The van der Waals surface area contributed by atoms with Gasteiger partial charge >= 0.3 is 6.18 Å². The highest BCUT2D eigenvalue weighted by molar-refractivity contribution is 5.85. The molecule has 0 unspecified atom stereocenters. The summed E-state index contributed by atoms with van der Waals surface area (Å²) in [5, 5.41) is 1.80. The van der Waals surface area contributed by atoms with E-state index in [9.17, 15) is 13.2 Å². The average molecular weight is 328 g/mol. The van der Waals surface area contributed by atoms with Crippen molar-refractivity contribution < 1.29 is 13.2 Å². The molecule has 2 aromatic heterocycles. The van der Waals surface area contributed by atoms with Crippen LogP contribution in [0.1, 0.15) is 16.7 Å². The Morgan fingerprint density at radius 3 is 2.08 bits per heavy atom. The largest absolute Gasteiger partial charge is 0.416 e. The second-order valence-electron chi connectivity index (χ2n) is 5.93. The normalized spacial score (nSPS) is 12.3. The van der Waals surface area contributed by atoms with E-state index in [2.05, 4.69) is 16.0 Å². The number of aromatic nitrogens is 2. The molecule has 0 bridgehead atoms. The zero-order valence-corrected chi connectivity index (χ0v) is 12.7. The van der Waals surface area contributed by atoms with E-state index in [1.54, 1.807) is 6.20 Å². The molecule has 24 heavy (non-hydrogen) atoms. The number of fused-ring (bicyclic) bond motifs is 2. The summed E-state index contributed by atoms with van der Waals surface area (Å²) in [5.74, 6) is 0. The molecule has 2 aromatic carbocycles. The number of rotatable bonds is 3. The molecule has 4 rings (SSSR count). The van der Waals surface area contributed by atoms with Crippen LogP contribution in [-0.4, -0.2) is 9.97 Å². The summed E-state index contributed by atoms with van der Waals surface area (Å²) in [6.07, 6.45) is 0.913. The van der Waals surface area contributed by atoms with Crippen molar-refractivity contribution in [1.29, 1.82) is 0 Å². The average Bonchev–Trinajstić information content (AvgIpc) is 3.15. The number of halogens is 3. The number of aryl methyl sites for hydroxylation is 2. The molecule has 2 nitrogen and oxygen atoms in total. The van der Waals surface area contributed by atoms with Crippen molar-refractivity contribution in [2.75, 3.05) is 0 Å². The van der Waals surface area contributed by atoms with Gasteiger partial charge in [0.1, 0.15) is 0 Å². The molecule has 0 aliphatic rings. The van der Waals surface area contributed by atoms with Gasteiger partial charge in [0.2, 0.25) is 0 Å². The predicted octanol–water partition coefficient (Wildman–Crippen LogP) is 5.45. The smallest absolute Gasteiger partial charge is 0.361 e. The number of nitrogens with one attached hydrogen (secondary N) is 2. The van der Waals surface area contributed by atoms with E-state index in [0.29, 0.717) is 11.8 Å². The molecule has 0 fully saturated rings. The van der Waals surface area contributed by atoms with Gasteiger partial charge in [-0.1, -0.05) is 18.2 Å². The molecule has 0 radical (unpaired) electrons. The van der Waals surface area contributed by atoms with Crippen molar-refractivity contribution in [2.45, 2.75) is 19.0 Å². The van der Waals surface area contributed by atoms with Gasteiger partial charge in [-0.25, -0.2) is 0 Å². The van der Waals surface area contributed by atoms with Gasteiger partial charge in [-0.05, 0) is 48.2 Å². The lowest BCUT2D eigenvalue weighted by Crippen LogP contribution is -2.04. The first-order chi connectivity index (χ1) is 11.5. The topological polar surface area (TPSA) is 31.6 Å². The molecule has 122 valence electrons. The van der Waals surface area contributed by atoms with Gasteiger partial charge in [-0.15, -0.1) is 0 Å². The highest BCUT2D eigenvalue weighted by Gasteiger charge is 2.30. The molecular formula is C19H15F3N2. The molecule has 0 spiro atoms. The third-order valence-electron chi connectivity index (χ3n) is 4.43. The van der Waals surface area contributed by atoms with Crippen LogP contribution in [0.4, 0.5) is 13.2 Å². The van der Waals surface area contributed by atoms with E-state index in [-0.39, 0.29) is 0 Å². The lowest BCUT2D eigenvalue weighted by molar-refractivity contribution is -0.137. The number of benzene rings is 2. The van der Waals surface area contributed by atoms with Gasteiger partial charge in [0.25, 0.3) is 0 Å². The summed E-state index contributed by atoms with van der Waals surface area (Å²) in [6.45, 7) is 0. The maximum atomic E-state index is 12.9. The Hall–Kier alpha value is -2.69. The third-order valence-corrected chi connectivity index (χ3v) is 4.43. The van der Waals surface area contributed by atoms with Gasteiger partial charge in [-0.3, -0.25) is 0 Å². The minimum absolute atomic E-state index is 0.608. The van der Waals surface area contributed by atoms with Crippen LogP contribution in [-0.2, 0) is 19.0 Å². The van der Waals surface area contributed by atoms with Crippen molar-refractivity contribution in [3.05, 3.63) is 71.5 Å². The van der Waals surface area contributed by atoms with E-state index < -0.39 is 11.7 Å². The Morgan fingerprint density at radius 2 is 1.38 bits per heavy atom. The number of H-pyrrole nitrogens is 2. The van der Waals surface area contributed by atoms with Crippen LogP contribution in [0.2, 0.25) is 0 Å². The monoisotopic (exact) mass is 328 g/mol. The van der Waals surface area contributed by atoms with E-state index >= 15 is 0 Å². The Balaban J connectivity index is 1.65. The number of alkyl halides is 3. The van der Waals surface area contributed by atoms with Gasteiger partial charge in [-0.2, -0.15) is 13.2 Å². The van der Waals surface area contributed by atoms with Crippen LogP contribution in [0, 0.1) is 0 Å². The second-order valence-corrected chi connectivity index (χ2v) is 5.93. The maximum absolute atomic E-state index is 12.9. The Bertz CT molecular complexity index is 1010. The number of para-hydroxylation sites is 1. The molecule has 0 saturated heterocycles. The fourth-order valence-electron chi connectivity index (χ4n) is 3.17. The Kier molecular flexibility index (Phi) is 3.37. The van der Waals surface area contributed by atoms with Crippen molar-refractivity contribution in [2.24, 2.45) is 0 Å². The summed E-state index contributed by atoms with van der Waals surface area (Å²) in [5.41, 5.74) is 3.28. The van der Waals surface area contributed by atoms with Gasteiger partial charge < -0.3 is 9.97 Å². The molecule has 0 amide bonds. The lowest BCUT2D eigenvalue weighted by atomic mass is 10.0. The molecule has 2 heterocycles. The summed E-state index contributed by atoms with van der Waals surface area (Å²) in [6, 6.07) is 11.9. The van der Waals surface area contributed by atoms with Crippen molar-refractivity contribution in [3.63, 3.8) is 0 Å². The zero-order valence-electron chi connectivity index (χ0n) is 12.7. The van der Waals surface area contributed by atoms with Crippen LogP contribution in [0.5, 0.6) is 0 Å². The first kappa shape index (κ1) is 14.9. The van der Waals surface area contributed by atoms with Crippen molar-refractivity contribution >= 4 is 21.8 Å². The fourth-order valence-corrected chi connectivity index (χ4v) is 3.17. The van der Waals surface area contributed by atoms with Gasteiger partial charge in [0.15, 0.2) is 0 Å². The van der Waals surface area contributed by atoms with Crippen LogP contribution in [0.3, 0.4) is 0 Å². The number of aromatic amines is 2. The van der Waals surface area contributed by atoms with Crippen LogP contribution in [0.15, 0.2) is 54.9 Å². The van der Waals surface area contributed by atoms with Crippen LogP contribution in [0.25, 0.3) is 21.8 Å². The third kappa shape index (κ3) is 2.56. The standard InChI is InChI=1S/C19H15F3N2/c20-19(21,22)14-7-8-18-16(9-14)13(11-24-18)6-5-12-10-23-17-4-2-1-3-15(12)17/h1-4,7-11,23-24H,5-6H2. The highest BCUT2D eigenvalue weighted by Crippen LogP contribution is 2.32. The minimum Gasteiger partial charge on any atom is -0.361 e. The zero-order chi connectivity index (χ0) is 16.7. The first-order valence-corrected chi connectivity index (χ1v) is 7.74. The van der Waals surface area contributed by atoms with E-state index in [0.717, 1.165) is 34.5 Å². The molecular weight excluding hydrogens is 313 g/mol. The van der Waals surface area contributed by atoms with Crippen molar-refractivity contribution in [3.8, 4) is 0 Å². The molecule has 0 atom stereocenters. The highest BCUT2D eigenvalue weighted by atomic mass is 19.4. The second kappa shape index (κ2) is 5.44. The molecule has 0 saturated carbocycles. The molecule has 5 heteroatoms. The molecule has 4 aromatic rings. The molecule has 0 aliphatic heterocycles. The van der Waals surface area contributed by atoms with E-state index in [1.165, 1.54) is 17.7 Å². The van der Waals surface area contributed by atoms with Crippen LogP contribution < -0.4 is 0 Å². The molecule has 0 aliphatic carbocycles. The van der Waals surface area contributed by atoms with Crippen LogP contribution >= 0.6 is 0 Å². The van der Waals surface area contributed by atoms with E-state index in [1.807, 2.05) is 24.4 Å². The number of hydrogen-bond donors (Lipinski definition) is 2. The SMILES string of the molecule is FC(F)(F)c1ccc2[nH]cc(CCc3c[nH]c4ccccc34)c2c1. The fraction of sp³-hybridized carbons (Fsp3) is 0.158. The Labute approximate surface area is 136 Å². The summed E-state index contributed by atoms with van der Waals surface area (Å²) in [7, 11) is 0. The molecule has 2 N–H and O–H groups in total. The Morgan fingerprint density at radius 1 is 0.750 bits per heavy atom. The predicted molar refractivity (Wildman–Crippen MR) is 89.0 cm³/mol. The minimum atomic E-state index is -4.32. The summed E-state index contributed by atoms with van der Waals surface area (Å²) >= 11 is 0. The van der Waals surface area contributed by atoms with Crippen molar-refractivity contribution in [1.82, 2.24) is 9.97 Å². The summed E-state index contributed by atoms with van der Waals surface area (Å²) in [4.78, 5) is 6.29. The summed E-state index contributed by atoms with van der Waals surface area (Å²) < 4.78 is 38.8. The number of hydrogen-bond acceptors (Lipinski definition) is 0. The van der Waals surface area contributed by atoms with Gasteiger partial charge in [0, 0.05) is 34.2 Å². The van der Waals surface area contributed by atoms with Gasteiger partial charge in [0.05, 0.1) is 5.56 Å². The first-order valence-electron chi connectivity index (χ1n) is 7.74. The lowest BCUT2D eigenvalue weighted by Gasteiger charge is -2.07. The van der Waals surface area contributed by atoms with E-state index in [4.69, 9.17) is 0 Å². The maximum Gasteiger partial charge on any atom is 0.416 e.